The molecule has 1 aromatic heterocycles. The summed E-state index contributed by atoms with van der Waals surface area (Å²) in [6.07, 6.45) is 1.41. The molecular weight excluding hydrogens is 656 g/mol. The summed E-state index contributed by atoms with van der Waals surface area (Å²) in [6, 6.07) is 37.1. The van der Waals surface area contributed by atoms with Gasteiger partial charge in [-0.25, -0.2) is 0 Å². The normalized spacial score (nSPS) is 24.8. The number of esters is 1. The van der Waals surface area contributed by atoms with Gasteiger partial charge in [0, 0.05) is 30.5 Å². The van der Waals surface area contributed by atoms with Crippen LogP contribution in [0.3, 0.4) is 0 Å². The third kappa shape index (κ3) is 5.60. The maximum absolute atomic E-state index is 15.0. The Morgan fingerprint density at radius 1 is 0.846 bits per heavy atom. The number of pyridine rings is 1. The molecule has 2 saturated heterocycles. The van der Waals surface area contributed by atoms with E-state index in [1.807, 2.05) is 121 Å². The minimum Gasteiger partial charge on any atom is -0.491 e. The second-order valence-corrected chi connectivity index (χ2v) is 13.3. The monoisotopic (exact) mass is 694 g/mol. The zero-order chi connectivity index (χ0) is 35.7. The van der Waals surface area contributed by atoms with E-state index < -0.39 is 47.4 Å². The number of carbonyl (C=O) groups excluding carboxylic acids is 3. The van der Waals surface area contributed by atoms with Crippen LogP contribution in [-0.4, -0.2) is 58.6 Å². The molecule has 0 aliphatic carbocycles. The fraction of sp³-hybridized carbons (Fsp3) is 0.238. The van der Waals surface area contributed by atoms with E-state index >= 15 is 4.79 Å². The quantitative estimate of drug-likeness (QED) is 0.173. The van der Waals surface area contributed by atoms with Crippen molar-refractivity contribution < 1.29 is 29.0 Å². The number of hydrogen-bond donors (Lipinski definition) is 3. The Kier molecular flexibility index (Phi) is 9.00. The summed E-state index contributed by atoms with van der Waals surface area (Å²) < 4.78 is 12.3. The van der Waals surface area contributed by atoms with Crippen molar-refractivity contribution in [2.45, 2.75) is 36.1 Å². The average Bonchev–Trinajstić information content (AvgIpc) is 3.67. The van der Waals surface area contributed by atoms with E-state index in [-0.39, 0.29) is 25.7 Å². The van der Waals surface area contributed by atoms with Crippen molar-refractivity contribution in [1.82, 2.24) is 15.2 Å². The number of aliphatic hydroxyl groups excluding tert-OH is 1. The number of nitrogens with zero attached hydrogens (tertiary/aromatic N) is 2. The van der Waals surface area contributed by atoms with Crippen molar-refractivity contribution in [3.05, 3.63) is 162 Å². The molecule has 4 aromatic carbocycles. The summed E-state index contributed by atoms with van der Waals surface area (Å²) >= 11 is 0. The smallest absolute Gasteiger partial charge is 0.324 e. The highest BCUT2D eigenvalue weighted by Crippen LogP contribution is 2.64. The van der Waals surface area contributed by atoms with Crippen LogP contribution in [0.1, 0.15) is 46.1 Å². The number of morpholine rings is 1. The molecular formula is C42H38N4O6. The van der Waals surface area contributed by atoms with Gasteiger partial charge in [-0.15, -0.1) is 0 Å². The van der Waals surface area contributed by atoms with Crippen LogP contribution in [0.15, 0.2) is 134 Å². The molecule has 52 heavy (non-hydrogen) atoms. The summed E-state index contributed by atoms with van der Waals surface area (Å²) in [5.41, 5.74) is 2.78. The summed E-state index contributed by atoms with van der Waals surface area (Å²) in [5, 5.41) is 15.7. The predicted octanol–water partition coefficient (Wildman–Crippen LogP) is 5.08. The highest BCUT2D eigenvalue weighted by molar-refractivity contribution is 6.12. The van der Waals surface area contributed by atoms with Gasteiger partial charge in [0.15, 0.2) is 0 Å². The molecule has 10 heteroatoms. The molecule has 6 atom stereocenters. The zero-order valence-corrected chi connectivity index (χ0v) is 28.3. The third-order valence-corrected chi connectivity index (χ3v) is 10.4. The summed E-state index contributed by atoms with van der Waals surface area (Å²) in [6.45, 7) is 0.144. The zero-order valence-electron chi connectivity index (χ0n) is 28.3. The van der Waals surface area contributed by atoms with Crippen molar-refractivity contribution >= 4 is 23.5 Å². The van der Waals surface area contributed by atoms with Crippen LogP contribution >= 0.6 is 0 Å². The van der Waals surface area contributed by atoms with Gasteiger partial charge in [-0.05, 0) is 52.6 Å². The van der Waals surface area contributed by atoms with Gasteiger partial charge in [-0.1, -0.05) is 97.1 Å². The fourth-order valence-electron chi connectivity index (χ4n) is 8.46. The second kappa shape index (κ2) is 14.1. The van der Waals surface area contributed by atoms with Crippen LogP contribution < -0.4 is 15.4 Å². The molecule has 8 rings (SSSR count). The molecule has 0 bridgehead atoms. The lowest BCUT2D eigenvalue weighted by atomic mass is 9.65. The summed E-state index contributed by atoms with van der Waals surface area (Å²) in [5.74, 6) is -2.10. The van der Waals surface area contributed by atoms with Crippen molar-refractivity contribution in [2.75, 3.05) is 25.1 Å². The first-order chi connectivity index (χ1) is 25.5. The number of hydrogen-bond acceptors (Lipinski definition) is 8. The number of benzene rings is 4. The van der Waals surface area contributed by atoms with Crippen LogP contribution in [0, 0.1) is 5.92 Å². The third-order valence-electron chi connectivity index (χ3n) is 10.4. The Hall–Kier alpha value is -5.84. The van der Waals surface area contributed by atoms with Gasteiger partial charge in [0.2, 0.25) is 11.8 Å². The molecule has 3 N–H and O–H groups in total. The number of aliphatic hydroxyl groups is 1. The molecule has 262 valence electrons. The predicted molar refractivity (Wildman–Crippen MR) is 193 cm³/mol. The van der Waals surface area contributed by atoms with Crippen LogP contribution in [0.25, 0.3) is 0 Å². The highest BCUT2D eigenvalue weighted by Gasteiger charge is 2.74. The Balaban J connectivity index is 1.36. The number of rotatable bonds is 10. The van der Waals surface area contributed by atoms with Gasteiger partial charge in [0.25, 0.3) is 0 Å². The Labute approximate surface area is 301 Å². The number of nitrogens with one attached hydrogen (secondary N) is 2. The van der Waals surface area contributed by atoms with Crippen LogP contribution in [0.4, 0.5) is 5.69 Å². The maximum atomic E-state index is 15.0. The van der Waals surface area contributed by atoms with Crippen molar-refractivity contribution in [3.8, 4) is 5.75 Å². The van der Waals surface area contributed by atoms with E-state index in [1.165, 1.54) is 0 Å². The summed E-state index contributed by atoms with van der Waals surface area (Å²) in [4.78, 5) is 51.1. The second-order valence-electron chi connectivity index (χ2n) is 13.3. The number of carbonyl (C=O) groups is 3. The summed E-state index contributed by atoms with van der Waals surface area (Å²) in [7, 11) is 0. The first-order valence-corrected chi connectivity index (χ1v) is 17.5. The van der Waals surface area contributed by atoms with Crippen molar-refractivity contribution in [3.63, 3.8) is 0 Å². The molecule has 1 spiro atoms. The Morgan fingerprint density at radius 2 is 1.56 bits per heavy atom. The number of cyclic esters (lactones) is 1. The number of aromatic nitrogens is 1. The first kappa shape index (κ1) is 33.3. The van der Waals surface area contributed by atoms with Crippen LogP contribution in [0.2, 0.25) is 0 Å². The molecule has 3 aliphatic rings. The molecule has 4 heterocycles. The van der Waals surface area contributed by atoms with E-state index in [4.69, 9.17) is 9.47 Å². The van der Waals surface area contributed by atoms with E-state index in [0.29, 0.717) is 29.0 Å². The molecule has 10 nitrogen and oxygen atoms in total. The molecule has 5 aromatic rings. The Morgan fingerprint density at radius 3 is 2.31 bits per heavy atom. The van der Waals surface area contributed by atoms with Gasteiger partial charge in [0.05, 0.1) is 24.6 Å². The van der Waals surface area contributed by atoms with Crippen LogP contribution in [0.5, 0.6) is 5.75 Å². The van der Waals surface area contributed by atoms with Gasteiger partial charge >= 0.3 is 5.97 Å². The largest absolute Gasteiger partial charge is 0.491 e. The minimum atomic E-state index is -1.57. The van der Waals surface area contributed by atoms with E-state index in [0.717, 1.165) is 16.8 Å². The molecule has 6 unspecified atom stereocenters. The lowest BCUT2D eigenvalue weighted by molar-refractivity contribution is -0.178. The molecule has 0 radical (unpaired) electrons. The number of anilines is 1. The number of ether oxygens (including phenoxy) is 2. The van der Waals surface area contributed by atoms with E-state index in [2.05, 4.69) is 20.5 Å². The molecule has 2 fully saturated rings. The number of para-hydroxylation sites is 1. The minimum absolute atomic E-state index is 0.0747. The standard InChI is InChI=1S/C42H38N4O6/c47-24-25-51-31-18-11-16-29(26-31)38-42(32-19-7-8-20-33(32)45-41(42)50)34(39(48)44-23-21-30-17-9-10-22-43-30)36-40(49)52-37(28-14-5-2-6-15-28)35(46(36)38)27-12-3-1-4-13-27/h1-20,22,26,34-38,47H,21,23-25H2,(H,44,48)(H,45,50). The van der Waals surface area contributed by atoms with E-state index in [9.17, 15) is 14.7 Å². The van der Waals surface area contributed by atoms with Crippen molar-refractivity contribution in [1.29, 1.82) is 0 Å². The number of fused-ring (bicyclic) bond motifs is 3. The Bertz CT molecular complexity index is 2080. The van der Waals surface area contributed by atoms with Crippen molar-refractivity contribution in [2.24, 2.45) is 5.92 Å². The average molecular weight is 695 g/mol. The molecule has 3 aliphatic heterocycles. The van der Waals surface area contributed by atoms with Gasteiger partial charge in [-0.3, -0.25) is 24.3 Å². The lowest BCUT2D eigenvalue weighted by Gasteiger charge is -2.46. The highest BCUT2D eigenvalue weighted by atomic mass is 16.6. The van der Waals surface area contributed by atoms with E-state index in [1.54, 1.807) is 12.3 Å². The SMILES string of the molecule is O=C1OC(c2ccccc2)C(c2ccccc2)N2C1C(C(=O)NCCc1ccccn1)C1(C(=O)Nc3ccccc31)C2c1cccc(OCCO)c1. The topological polar surface area (TPSA) is 130 Å². The molecule has 0 saturated carbocycles. The maximum Gasteiger partial charge on any atom is 0.324 e. The lowest BCUT2D eigenvalue weighted by Crippen LogP contribution is -2.55. The van der Waals surface area contributed by atoms with Gasteiger partial charge < -0.3 is 25.2 Å². The first-order valence-electron chi connectivity index (χ1n) is 17.5. The molecule has 2 amide bonds. The number of amides is 2. The van der Waals surface area contributed by atoms with Crippen LogP contribution in [-0.2, 0) is 31.0 Å². The fourth-order valence-corrected chi connectivity index (χ4v) is 8.46. The van der Waals surface area contributed by atoms with Gasteiger partial charge in [-0.2, -0.15) is 0 Å². The van der Waals surface area contributed by atoms with Gasteiger partial charge in [0.1, 0.15) is 29.9 Å².